The molecule has 2 aliphatic heterocycles. The minimum Gasteiger partial charge on any atom is -0.468 e. The van der Waals surface area contributed by atoms with E-state index in [1.807, 2.05) is 12.1 Å². The van der Waals surface area contributed by atoms with E-state index in [0.29, 0.717) is 18.1 Å². The van der Waals surface area contributed by atoms with Crippen molar-refractivity contribution >= 4 is 0 Å². The average Bonchev–Trinajstić information content (AvgIpc) is 3.05. The van der Waals surface area contributed by atoms with Crippen LogP contribution in [0.25, 0.3) is 0 Å². The van der Waals surface area contributed by atoms with Crippen LogP contribution in [0.15, 0.2) is 22.8 Å². The molecule has 0 radical (unpaired) electrons. The van der Waals surface area contributed by atoms with E-state index < -0.39 is 0 Å². The Morgan fingerprint density at radius 1 is 1.41 bits per heavy atom. The van der Waals surface area contributed by atoms with E-state index in [0.717, 1.165) is 45.2 Å². The van der Waals surface area contributed by atoms with Gasteiger partial charge in [-0.15, -0.1) is 0 Å². The van der Waals surface area contributed by atoms with E-state index in [2.05, 4.69) is 16.8 Å². The fourth-order valence-electron chi connectivity index (χ4n) is 3.82. The number of nitrogens with zero attached hydrogens (tertiary/aromatic N) is 2. The molecule has 5 heteroatoms. The number of ether oxygens (including phenoxy) is 2. The summed E-state index contributed by atoms with van der Waals surface area (Å²) in [5.74, 6) is 1.66. The van der Waals surface area contributed by atoms with Crippen LogP contribution in [0.2, 0.25) is 0 Å². The van der Waals surface area contributed by atoms with Crippen molar-refractivity contribution in [1.29, 1.82) is 0 Å². The van der Waals surface area contributed by atoms with Gasteiger partial charge in [-0.2, -0.15) is 0 Å². The van der Waals surface area contributed by atoms with Crippen LogP contribution >= 0.6 is 0 Å². The molecule has 3 atom stereocenters. The Balaban J connectivity index is 1.67. The van der Waals surface area contributed by atoms with E-state index in [4.69, 9.17) is 13.9 Å². The minimum atomic E-state index is 0.354. The molecule has 3 rings (SSSR count). The Kier molecular flexibility index (Phi) is 5.52. The van der Waals surface area contributed by atoms with Gasteiger partial charge in [0, 0.05) is 39.4 Å². The predicted molar refractivity (Wildman–Crippen MR) is 84.7 cm³/mol. The highest BCUT2D eigenvalue weighted by Crippen LogP contribution is 2.31. The van der Waals surface area contributed by atoms with Crippen LogP contribution in [-0.2, 0) is 16.0 Å². The third-order valence-electron chi connectivity index (χ3n) is 4.97. The second kappa shape index (κ2) is 7.59. The lowest BCUT2D eigenvalue weighted by atomic mass is 9.85. The summed E-state index contributed by atoms with van der Waals surface area (Å²) < 4.78 is 16.9. The molecule has 0 spiro atoms. The molecular formula is C17H28N2O3. The van der Waals surface area contributed by atoms with E-state index >= 15 is 0 Å². The maximum absolute atomic E-state index is 6.16. The Bertz CT molecular complexity index is 437. The van der Waals surface area contributed by atoms with Crippen LogP contribution in [-0.4, -0.2) is 69.0 Å². The summed E-state index contributed by atoms with van der Waals surface area (Å²) in [6.07, 6.45) is 4.56. The Hall–Kier alpha value is -0.880. The zero-order valence-electron chi connectivity index (χ0n) is 13.7. The summed E-state index contributed by atoms with van der Waals surface area (Å²) in [6, 6.07) is 4.41. The number of rotatable bonds is 6. The second-order valence-electron chi connectivity index (χ2n) is 6.55. The van der Waals surface area contributed by atoms with Crippen molar-refractivity contribution < 1.29 is 13.9 Å². The smallest absolute Gasteiger partial charge is 0.117 e. The summed E-state index contributed by atoms with van der Waals surface area (Å²) in [7, 11) is 3.96. The Morgan fingerprint density at radius 2 is 2.32 bits per heavy atom. The normalized spacial score (nSPS) is 29.7. The van der Waals surface area contributed by atoms with Crippen molar-refractivity contribution in [1.82, 2.24) is 9.80 Å². The molecule has 2 saturated heterocycles. The second-order valence-corrected chi connectivity index (χ2v) is 6.55. The molecule has 2 fully saturated rings. The largest absolute Gasteiger partial charge is 0.468 e. The average molecular weight is 308 g/mol. The fraction of sp³-hybridized carbons (Fsp3) is 0.765. The zero-order valence-corrected chi connectivity index (χ0v) is 13.7. The van der Waals surface area contributed by atoms with Gasteiger partial charge in [0.25, 0.3) is 0 Å². The fourth-order valence-corrected chi connectivity index (χ4v) is 3.82. The lowest BCUT2D eigenvalue weighted by Gasteiger charge is -2.48. The van der Waals surface area contributed by atoms with Crippen LogP contribution in [0.1, 0.15) is 18.6 Å². The zero-order chi connectivity index (χ0) is 15.4. The molecule has 124 valence electrons. The molecule has 1 aromatic rings. The Morgan fingerprint density at radius 3 is 3.09 bits per heavy atom. The van der Waals surface area contributed by atoms with Crippen LogP contribution in [0.3, 0.4) is 0 Å². The molecule has 0 aromatic carbocycles. The third-order valence-corrected chi connectivity index (χ3v) is 4.97. The van der Waals surface area contributed by atoms with Gasteiger partial charge >= 0.3 is 0 Å². The number of likely N-dealkylation sites (N-methyl/N-ethyl adjacent to an activating group) is 1. The first kappa shape index (κ1) is 16.0. The molecule has 1 aromatic heterocycles. The highest BCUT2D eigenvalue weighted by atomic mass is 16.5. The maximum atomic E-state index is 6.16. The lowest BCUT2D eigenvalue weighted by Crippen LogP contribution is -2.60. The van der Waals surface area contributed by atoms with Crippen molar-refractivity contribution in [3.63, 3.8) is 0 Å². The summed E-state index contributed by atoms with van der Waals surface area (Å²) in [6.45, 7) is 5.73. The number of hydrogen-bond acceptors (Lipinski definition) is 5. The highest BCUT2D eigenvalue weighted by molar-refractivity contribution is 5.00. The molecule has 0 aliphatic carbocycles. The third kappa shape index (κ3) is 3.71. The standard InChI is InChI=1S/C17H28N2O3/c1-18(12-15-6-4-8-21-15)16-13-19(7-10-20-2)11-14-5-3-9-22-17(14)16/h4,6,8,14,16-17H,3,5,7,9-13H2,1-2H3/t14-,16+,17-/m0/s1. The van der Waals surface area contributed by atoms with Crippen molar-refractivity contribution in [3.05, 3.63) is 24.2 Å². The van der Waals surface area contributed by atoms with Crippen LogP contribution in [0.5, 0.6) is 0 Å². The van der Waals surface area contributed by atoms with Gasteiger partial charge in [-0.3, -0.25) is 9.80 Å². The summed E-state index contributed by atoms with van der Waals surface area (Å²) >= 11 is 0. The minimum absolute atomic E-state index is 0.354. The van der Waals surface area contributed by atoms with Gasteiger partial charge in [0.15, 0.2) is 0 Å². The molecule has 0 amide bonds. The Labute approximate surface area is 133 Å². The van der Waals surface area contributed by atoms with Gasteiger partial charge in [0.1, 0.15) is 5.76 Å². The molecular weight excluding hydrogens is 280 g/mol. The topological polar surface area (TPSA) is 38.1 Å². The first-order valence-electron chi connectivity index (χ1n) is 8.33. The van der Waals surface area contributed by atoms with Crippen LogP contribution in [0.4, 0.5) is 0 Å². The van der Waals surface area contributed by atoms with Gasteiger partial charge in [-0.25, -0.2) is 0 Å². The number of fused-ring (bicyclic) bond motifs is 1. The number of hydrogen-bond donors (Lipinski definition) is 0. The summed E-state index contributed by atoms with van der Waals surface area (Å²) in [5, 5.41) is 0. The predicted octanol–water partition coefficient (Wildman–Crippen LogP) is 1.84. The van der Waals surface area contributed by atoms with Crippen LogP contribution in [0, 0.1) is 5.92 Å². The summed E-state index contributed by atoms with van der Waals surface area (Å²) in [4.78, 5) is 4.92. The van der Waals surface area contributed by atoms with Crippen molar-refractivity contribution in [2.75, 3.05) is 47.0 Å². The molecule has 3 heterocycles. The van der Waals surface area contributed by atoms with Crippen LogP contribution < -0.4 is 0 Å². The molecule has 2 aliphatic rings. The molecule has 0 unspecified atom stereocenters. The lowest BCUT2D eigenvalue weighted by molar-refractivity contribution is -0.114. The summed E-state index contributed by atoms with van der Waals surface area (Å²) in [5.41, 5.74) is 0. The number of likely N-dealkylation sites (tertiary alicyclic amines) is 1. The van der Waals surface area contributed by atoms with E-state index in [1.54, 1.807) is 13.4 Å². The van der Waals surface area contributed by atoms with E-state index in [1.165, 1.54) is 12.8 Å². The van der Waals surface area contributed by atoms with Crippen molar-refractivity contribution in [2.24, 2.45) is 5.92 Å². The SMILES string of the molecule is COCCN1C[C@@H]2CCCO[C@@H]2[C@H](N(C)Cc2ccco2)C1. The molecule has 0 bridgehead atoms. The van der Waals surface area contributed by atoms with Gasteiger partial charge < -0.3 is 13.9 Å². The number of furan rings is 1. The quantitative estimate of drug-likeness (QED) is 0.802. The number of piperidine rings is 1. The highest BCUT2D eigenvalue weighted by Gasteiger charge is 2.40. The molecule has 0 N–H and O–H groups in total. The first-order valence-corrected chi connectivity index (χ1v) is 8.33. The first-order chi connectivity index (χ1) is 10.8. The van der Waals surface area contributed by atoms with Gasteiger partial charge in [-0.1, -0.05) is 0 Å². The van der Waals surface area contributed by atoms with Crippen molar-refractivity contribution in [2.45, 2.75) is 31.5 Å². The maximum Gasteiger partial charge on any atom is 0.117 e. The number of methoxy groups -OCH3 is 1. The van der Waals surface area contributed by atoms with E-state index in [-0.39, 0.29) is 0 Å². The molecule has 0 saturated carbocycles. The van der Waals surface area contributed by atoms with Gasteiger partial charge in [0.2, 0.25) is 0 Å². The molecule has 5 nitrogen and oxygen atoms in total. The van der Waals surface area contributed by atoms with E-state index in [9.17, 15) is 0 Å². The van der Waals surface area contributed by atoms with Gasteiger partial charge in [-0.05, 0) is 37.9 Å². The van der Waals surface area contributed by atoms with Gasteiger partial charge in [0.05, 0.1) is 25.5 Å². The van der Waals surface area contributed by atoms with Crippen molar-refractivity contribution in [3.8, 4) is 0 Å². The molecule has 22 heavy (non-hydrogen) atoms. The monoisotopic (exact) mass is 308 g/mol.